The van der Waals surface area contributed by atoms with E-state index in [-0.39, 0.29) is 0 Å². The van der Waals surface area contributed by atoms with Crippen LogP contribution in [0.1, 0.15) is 12.1 Å². The van der Waals surface area contributed by atoms with Crippen LogP contribution in [0.2, 0.25) is 0 Å². The van der Waals surface area contributed by atoms with Crippen LogP contribution in [0.5, 0.6) is 0 Å². The summed E-state index contributed by atoms with van der Waals surface area (Å²) in [5.41, 5.74) is 6.92. The molecule has 0 radical (unpaired) electrons. The molecule has 2 aromatic heterocycles. The molecule has 4 N–H and O–H groups in total. The number of aryl methyl sites for hydroxylation is 1. The van der Waals surface area contributed by atoms with Gasteiger partial charge in [0, 0.05) is 43.1 Å². The van der Waals surface area contributed by atoms with Crippen LogP contribution in [-0.2, 0) is 6.42 Å². The lowest BCUT2D eigenvalue weighted by Gasteiger charge is -2.05. The SMILES string of the molecule is NC(=NCCCc1cnc[nH]1)NCCSc1cnccn1. The average Bonchev–Trinajstić information content (AvgIpc) is 3.02. The Hall–Kier alpha value is -2.09. The van der Waals surface area contributed by atoms with Gasteiger partial charge in [-0.15, -0.1) is 11.8 Å². The van der Waals surface area contributed by atoms with Crippen LogP contribution in [0.3, 0.4) is 0 Å². The van der Waals surface area contributed by atoms with Crippen molar-refractivity contribution < 1.29 is 0 Å². The van der Waals surface area contributed by atoms with Crippen LogP contribution < -0.4 is 11.1 Å². The molecule has 0 bridgehead atoms. The summed E-state index contributed by atoms with van der Waals surface area (Å²) in [5, 5.41) is 4.00. The molecule has 21 heavy (non-hydrogen) atoms. The molecule has 0 fully saturated rings. The first-order chi connectivity index (χ1) is 10.3. The molecule has 2 aromatic rings. The van der Waals surface area contributed by atoms with Gasteiger partial charge in [-0.1, -0.05) is 0 Å². The average molecular weight is 305 g/mol. The molecule has 0 aliphatic rings. The highest BCUT2D eigenvalue weighted by molar-refractivity contribution is 7.99. The van der Waals surface area contributed by atoms with Gasteiger partial charge in [0.15, 0.2) is 5.96 Å². The Morgan fingerprint density at radius 1 is 1.33 bits per heavy atom. The van der Waals surface area contributed by atoms with Crippen molar-refractivity contribution in [2.24, 2.45) is 10.7 Å². The predicted molar refractivity (Wildman–Crippen MR) is 84.2 cm³/mol. The topological polar surface area (TPSA) is 105 Å². The zero-order valence-corrected chi connectivity index (χ0v) is 12.5. The van der Waals surface area contributed by atoms with E-state index in [0.29, 0.717) is 12.5 Å². The maximum Gasteiger partial charge on any atom is 0.188 e. The standard InChI is InChI=1S/C13H19N7S/c14-13(18-3-1-2-11-8-16-10-20-11)19-6-7-21-12-9-15-4-5-17-12/h4-5,8-10H,1-3,6-7H2,(H,16,20)(H3,14,18,19). The first-order valence-electron chi connectivity index (χ1n) is 6.74. The lowest BCUT2D eigenvalue weighted by Crippen LogP contribution is -2.33. The smallest absolute Gasteiger partial charge is 0.188 e. The second-order valence-electron chi connectivity index (χ2n) is 4.27. The van der Waals surface area contributed by atoms with Gasteiger partial charge in [0.25, 0.3) is 0 Å². The molecule has 7 nitrogen and oxygen atoms in total. The molecule has 0 amide bonds. The molecular weight excluding hydrogens is 286 g/mol. The van der Waals surface area contributed by atoms with Gasteiger partial charge in [0.2, 0.25) is 0 Å². The number of nitrogens with two attached hydrogens (primary N) is 1. The number of guanidine groups is 1. The Bertz CT molecular complexity index is 527. The summed E-state index contributed by atoms with van der Waals surface area (Å²) in [6.07, 6.45) is 10.5. The largest absolute Gasteiger partial charge is 0.370 e. The van der Waals surface area contributed by atoms with Gasteiger partial charge in [0.05, 0.1) is 12.5 Å². The minimum absolute atomic E-state index is 0.486. The molecule has 0 spiro atoms. The van der Waals surface area contributed by atoms with E-state index in [1.54, 1.807) is 36.7 Å². The van der Waals surface area contributed by atoms with Gasteiger partial charge in [-0.25, -0.2) is 9.97 Å². The van der Waals surface area contributed by atoms with Crippen LogP contribution in [0.15, 0.2) is 41.1 Å². The van der Waals surface area contributed by atoms with Gasteiger partial charge in [-0.3, -0.25) is 9.98 Å². The van der Waals surface area contributed by atoms with E-state index in [9.17, 15) is 0 Å². The maximum absolute atomic E-state index is 5.79. The number of thioether (sulfide) groups is 1. The summed E-state index contributed by atoms with van der Waals surface area (Å²) in [5.74, 6) is 1.35. The molecule has 0 aliphatic heterocycles. The minimum Gasteiger partial charge on any atom is -0.370 e. The number of aliphatic imine (C=N–C) groups is 1. The second kappa shape index (κ2) is 8.96. The van der Waals surface area contributed by atoms with Crippen molar-refractivity contribution in [1.29, 1.82) is 0 Å². The number of nitrogens with one attached hydrogen (secondary N) is 2. The van der Waals surface area contributed by atoms with Crippen LogP contribution in [0.4, 0.5) is 0 Å². The van der Waals surface area contributed by atoms with Crippen molar-refractivity contribution in [3.05, 3.63) is 36.8 Å². The summed E-state index contributed by atoms with van der Waals surface area (Å²) in [4.78, 5) is 19.5. The number of aromatic amines is 1. The molecule has 0 saturated carbocycles. The summed E-state index contributed by atoms with van der Waals surface area (Å²) in [6.45, 7) is 1.45. The molecule has 0 saturated heterocycles. The Morgan fingerprint density at radius 3 is 3.05 bits per heavy atom. The number of hydrogen-bond acceptors (Lipinski definition) is 5. The van der Waals surface area contributed by atoms with Gasteiger partial charge < -0.3 is 16.0 Å². The van der Waals surface area contributed by atoms with Crippen LogP contribution in [-0.4, -0.2) is 44.7 Å². The van der Waals surface area contributed by atoms with E-state index in [0.717, 1.165) is 35.9 Å². The van der Waals surface area contributed by atoms with Gasteiger partial charge in [-0.05, 0) is 12.8 Å². The van der Waals surface area contributed by atoms with E-state index in [4.69, 9.17) is 5.73 Å². The molecule has 0 aromatic carbocycles. The van der Waals surface area contributed by atoms with E-state index in [1.165, 1.54) is 0 Å². The Morgan fingerprint density at radius 2 is 2.29 bits per heavy atom. The zero-order chi connectivity index (χ0) is 14.8. The van der Waals surface area contributed by atoms with Crippen LogP contribution in [0.25, 0.3) is 0 Å². The van der Waals surface area contributed by atoms with E-state index < -0.39 is 0 Å². The fraction of sp³-hybridized carbons (Fsp3) is 0.385. The number of H-pyrrole nitrogens is 1. The number of rotatable bonds is 8. The Balaban J connectivity index is 1.54. The third kappa shape index (κ3) is 6.26. The van der Waals surface area contributed by atoms with Crippen molar-refractivity contribution in [3.63, 3.8) is 0 Å². The first-order valence-corrected chi connectivity index (χ1v) is 7.73. The zero-order valence-electron chi connectivity index (χ0n) is 11.7. The lowest BCUT2D eigenvalue weighted by molar-refractivity contribution is 0.806. The highest BCUT2D eigenvalue weighted by atomic mass is 32.2. The predicted octanol–water partition coefficient (Wildman–Crippen LogP) is 0.829. The van der Waals surface area contributed by atoms with Crippen molar-refractivity contribution in [3.8, 4) is 0 Å². The number of nitrogens with zero attached hydrogens (tertiary/aromatic N) is 4. The molecule has 2 rings (SSSR count). The molecule has 0 atom stereocenters. The number of aromatic nitrogens is 4. The summed E-state index contributed by atoms with van der Waals surface area (Å²) >= 11 is 1.63. The van der Waals surface area contributed by atoms with Crippen LogP contribution in [0, 0.1) is 0 Å². The van der Waals surface area contributed by atoms with E-state index in [2.05, 4.69) is 30.2 Å². The first kappa shape index (κ1) is 15.3. The van der Waals surface area contributed by atoms with E-state index in [1.807, 2.05) is 6.20 Å². The van der Waals surface area contributed by atoms with Crippen molar-refractivity contribution in [2.75, 3.05) is 18.8 Å². The fourth-order valence-corrected chi connectivity index (χ4v) is 2.33. The maximum atomic E-state index is 5.79. The minimum atomic E-state index is 0.486. The Labute approximate surface area is 127 Å². The van der Waals surface area contributed by atoms with Crippen molar-refractivity contribution in [2.45, 2.75) is 17.9 Å². The molecular formula is C13H19N7S. The monoisotopic (exact) mass is 305 g/mol. The van der Waals surface area contributed by atoms with Gasteiger partial charge >= 0.3 is 0 Å². The number of imidazole rings is 1. The molecule has 2 heterocycles. The molecule has 112 valence electrons. The van der Waals surface area contributed by atoms with E-state index >= 15 is 0 Å². The third-order valence-electron chi connectivity index (χ3n) is 2.64. The fourth-order valence-electron chi connectivity index (χ4n) is 1.64. The highest BCUT2D eigenvalue weighted by Gasteiger charge is 1.96. The molecule has 0 aliphatic carbocycles. The normalized spacial score (nSPS) is 11.5. The summed E-state index contributed by atoms with van der Waals surface area (Å²) in [7, 11) is 0. The quantitative estimate of drug-likeness (QED) is 0.289. The highest BCUT2D eigenvalue weighted by Crippen LogP contribution is 2.11. The third-order valence-corrected chi connectivity index (χ3v) is 3.55. The summed E-state index contributed by atoms with van der Waals surface area (Å²) < 4.78 is 0. The van der Waals surface area contributed by atoms with Crippen molar-refractivity contribution >= 4 is 17.7 Å². The summed E-state index contributed by atoms with van der Waals surface area (Å²) in [6, 6.07) is 0. The Kier molecular flexibility index (Phi) is 6.53. The molecule has 0 unspecified atom stereocenters. The lowest BCUT2D eigenvalue weighted by atomic mass is 10.2. The van der Waals surface area contributed by atoms with Gasteiger partial charge in [0.1, 0.15) is 5.03 Å². The van der Waals surface area contributed by atoms with Gasteiger partial charge in [-0.2, -0.15) is 0 Å². The van der Waals surface area contributed by atoms with Crippen molar-refractivity contribution in [1.82, 2.24) is 25.3 Å². The molecule has 8 heteroatoms. The van der Waals surface area contributed by atoms with Crippen LogP contribution >= 0.6 is 11.8 Å². The second-order valence-corrected chi connectivity index (χ2v) is 5.38. The number of hydrogen-bond donors (Lipinski definition) is 3.